The molecule has 2 N–H and O–H groups in total. The van der Waals surface area contributed by atoms with Crippen molar-refractivity contribution in [1.29, 1.82) is 0 Å². The van der Waals surface area contributed by atoms with Crippen LogP contribution in [0.1, 0.15) is 56.1 Å². The fourth-order valence-electron chi connectivity index (χ4n) is 4.19. The van der Waals surface area contributed by atoms with Crippen LogP contribution in [-0.2, 0) is 9.47 Å². The van der Waals surface area contributed by atoms with Crippen molar-refractivity contribution in [1.82, 2.24) is 19.9 Å². The van der Waals surface area contributed by atoms with Gasteiger partial charge in [-0.3, -0.25) is 4.57 Å². The average Bonchev–Trinajstić information content (AvgIpc) is 3.61. The van der Waals surface area contributed by atoms with E-state index >= 15 is 0 Å². The van der Waals surface area contributed by atoms with Gasteiger partial charge in [0.1, 0.15) is 29.1 Å². The van der Waals surface area contributed by atoms with Gasteiger partial charge in [0.25, 0.3) is 0 Å². The normalized spacial score (nSPS) is 12.0. The van der Waals surface area contributed by atoms with Crippen LogP contribution >= 0.6 is 11.3 Å². The molecule has 0 aliphatic heterocycles. The summed E-state index contributed by atoms with van der Waals surface area (Å²) in [6, 6.07) is 8.67. The van der Waals surface area contributed by atoms with Crippen LogP contribution in [0.3, 0.4) is 0 Å². The number of anilines is 1. The number of esters is 1. The number of carbonyl (C=O) groups is 2. The molecule has 1 amide bonds. The maximum atomic E-state index is 12.8. The van der Waals surface area contributed by atoms with Gasteiger partial charge in [0, 0.05) is 18.7 Å². The number of pyridine rings is 1. The zero-order valence-corrected chi connectivity index (χ0v) is 24.8. The van der Waals surface area contributed by atoms with Crippen molar-refractivity contribution in [2.45, 2.75) is 45.8 Å². The number of fused-ring (bicyclic) bond motifs is 1. The Kier molecular flexibility index (Phi) is 9.33. The van der Waals surface area contributed by atoms with Crippen LogP contribution in [-0.4, -0.2) is 59.6 Å². The molecule has 3 heterocycles. The summed E-state index contributed by atoms with van der Waals surface area (Å²) in [6.45, 7) is 7.83. The molecule has 0 fully saturated rings. The molecular weight excluding hydrogens is 546 g/mol. The highest BCUT2D eigenvalue weighted by atomic mass is 32.1. The van der Waals surface area contributed by atoms with Gasteiger partial charge in [-0.15, -0.1) is 0 Å². The van der Waals surface area contributed by atoms with Gasteiger partial charge in [0.15, 0.2) is 11.5 Å². The maximum Gasteiger partial charge on any atom is 0.408 e. The van der Waals surface area contributed by atoms with Crippen LogP contribution < -0.4 is 20.1 Å². The van der Waals surface area contributed by atoms with E-state index in [4.69, 9.17) is 23.9 Å². The lowest BCUT2D eigenvalue weighted by Crippen LogP contribution is -2.35. The number of amides is 1. The van der Waals surface area contributed by atoms with E-state index < -0.39 is 17.7 Å². The van der Waals surface area contributed by atoms with Crippen molar-refractivity contribution in [2.75, 3.05) is 32.7 Å². The summed E-state index contributed by atoms with van der Waals surface area (Å²) in [5.41, 5.74) is 2.09. The molecule has 12 heteroatoms. The van der Waals surface area contributed by atoms with E-state index in [9.17, 15) is 9.59 Å². The van der Waals surface area contributed by atoms with Crippen LogP contribution in [0.2, 0.25) is 0 Å². The third kappa shape index (κ3) is 7.26. The van der Waals surface area contributed by atoms with Crippen LogP contribution in [0.5, 0.6) is 11.5 Å². The summed E-state index contributed by atoms with van der Waals surface area (Å²) < 4.78 is 23.4. The van der Waals surface area contributed by atoms with Crippen molar-refractivity contribution >= 4 is 40.3 Å². The third-order valence-electron chi connectivity index (χ3n) is 6.04. The van der Waals surface area contributed by atoms with Crippen molar-refractivity contribution in [2.24, 2.45) is 0 Å². The fraction of sp³-hybridized carbons (Fsp3) is 0.379. The molecule has 0 spiro atoms. The second kappa shape index (κ2) is 12.9. The van der Waals surface area contributed by atoms with E-state index in [1.54, 1.807) is 61.6 Å². The number of nitrogens with one attached hydrogen (secondary N) is 2. The molecule has 0 saturated carbocycles. The Hall–Kier alpha value is -4.32. The van der Waals surface area contributed by atoms with E-state index in [0.717, 1.165) is 11.1 Å². The number of carbonyl (C=O) groups excluding carboxylic acids is 2. The molecule has 1 aromatic carbocycles. The van der Waals surface area contributed by atoms with Crippen LogP contribution in [0.4, 0.5) is 10.6 Å². The van der Waals surface area contributed by atoms with Crippen LogP contribution in [0.25, 0.3) is 16.9 Å². The number of rotatable bonds is 11. The first-order valence-electron chi connectivity index (χ1n) is 13.2. The second-order valence-corrected chi connectivity index (χ2v) is 10.8. The van der Waals surface area contributed by atoms with Crippen LogP contribution in [0.15, 0.2) is 47.4 Å². The first kappa shape index (κ1) is 29.7. The van der Waals surface area contributed by atoms with Gasteiger partial charge in [-0.25, -0.2) is 19.6 Å². The minimum atomic E-state index is -0.618. The minimum absolute atomic E-state index is 0.230. The lowest BCUT2D eigenvalue weighted by molar-refractivity contribution is 0.0498. The fourth-order valence-corrected chi connectivity index (χ4v) is 4.90. The predicted molar refractivity (Wildman–Crippen MR) is 157 cm³/mol. The first-order chi connectivity index (χ1) is 19.6. The molecule has 218 valence electrons. The minimum Gasteiger partial charge on any atom is -0.493 e. The standard InChI is InChI=1S/C29H35N5O6S/c1-7-39-27(35)19-8-9-25(34-17-31-21-14-23(37-5)24(38-6)15-22(21)34)33-26(19)30-12-10-20(18-11-13-41-16-18)32-28(36)40-29(2,3)4/h8-9,11,13-17,20H,7,10,12H2,1-6H3,(H,30,33)(H,32,36)/t20-/m0/s1. The smallest absolute Gasteiger partial charge is 0.408 e. The molecule has 0 aliphatic rings. The van der Waals surface area contributed by atoms with Gasteiger partial charge < -0.3 is 29.6 Å². The summed E-state index contributed by atoms with van der Waals surface area (Å²) in [7, 11) is 3.14. The van der Waals surface area contributed by atoms with Crippen molar-refractivity contribution in [3.8, 4) is 17.3 Å². The first-order valence-corrected chi connectivity index (χ1v) is 14.1. The Labute approximate surface area is 242 Å². The number of ether oxygens (including phenoxy) is 4. The van der Waals surface area contributed by atoms with Crippen molar-refractivity contribution < 1.29 is 28.5 Å². The van der Waals surface area contributed by atoms with Gasteiger partial charge in [-0.05, 0) is 68.6 Å². The quantitative estimate of drug-likeness (QED) is 0.213. The largest absolute Gasteiger partial charge is 0.493 e. The molecule has 11 nitrogen and oxygen atoms in total. The predicted octanol–water partition coefficient (Wildman–Crippen LogP) is 5.74. The Morgan fingerprint density at radius 3 is 2.51 bits per heavy atom. The summed E-state index contributed by atoms with van der Waals surface area (Å²) in [5.74, 6) is 1.52. The lowest BCUT2D eigenvalue weighted by Gasteiger charge is -2.23. The molecule has 1 atom stereocenters. The molecule has 41 heavy (non-hydrogen) atoms. The Balaban J connectivity index is 1.61. The lowest BCUT2D eigenvalue weighted by atomic mass is 10.1. The molecule has 4 rings (SSSR count). The number of aromatic nitrogens is 3. The van der Waals surface area contributed by atoms with Gasteiger partial charge in [0.2, 0.25) is 0 Å². The monoisotopic (exact) mass is 581 g/mol. The summed E-state index contributed by atoms with van der Waals surface area (Å²) in [6.07, 6.45) is 1.66. The Morgan fingerprint density at radius 2 is 1.85 bits per heavy atom. The Bertz CT molecular complexity index is 1500. The molecule has 0 saturated heterocycles. The van der Waals surface area contributed by atoms with Crippen molar-refractivity contribution in [3.05, 3.63) is 58.5 Å². The van der Waals surface area contributed by atoms with Gasteiger partial charge in [-0.2, -0.15) is 11.3 Å². The average molecular weight is 582 g/mol. The van der Waals surface area contributed by atoms with E-state index in [1.807, 2.05) is 43.7 Å². The topological polar surface area (TPSA) is 126 Å². The SMILES string of the molecule is CCOC(=O)c1ccc(-n2cnc3cc(OC)c(OC)cc32)nc1NCC[C@H](NC(=O)OC(C)(C)C)c1ccsc1. The number of hydrogen-bond donors (Lipinski definition) is 2. The van der Waals surface area contributed by atoms with E-state index in [1.165, 1.54) is 0 Å². The highest BCUT2D eigenvalue weighted by Gasteiger charge is 2.22. The summed E-state index contributed by atoms with van der Waals surface area (Å²) in [4.78, 5) is 34.6. The maximum absolute atomic E-state index is 12.8. The molecule has 0 radical (unpaired) electrons. The zero-order chi connectivity index (χ0) is 29.6. The Morgan fingerprint density at radius 1 is 1.10 bits per heavy atom. The number of thiophene rings is 1. The van der Waals surface area contributed by atoms with E-state index in [0.29, 0.717) is 47.2 Å². The molecule has 0 aliphatic carbocycles. The molecule has 3 aromatic heterocycles. The third-order valence-corrected chi connectivity index (χ3v) is 6.74. The number of imidazole rings is 1. The highest BCUT2D eigenvalue weighted by molar-refractivity contribution is 7.08. The number of methoxy groups -OCH3 is 2. The molecule has 0 unspecified atom stereocenters. The van der Waals surface area contributed by atoms with Crippen LogP contribution in [0, 0.1) is 0 Å². The van der Waals surface area contributed by atoms with Gasteiger partial charge in [-0.1, -0.05) is 0 Å². The van der Waals surface area contributed by atoms with Gasteiger partial charge >= 0.3 is 12.1 Å². The molecular formula is C29H35N5O6S. The highest BCUT2D eigenvalue weighted by Crippen LogP contribution is 2.33. The number of benzene rings is 1. The summed E-state index contributed by atoms with van der Waals surface area (Å²) in [5, 5.41) is 10.2. The number of hydrogen-bond acceptors (Lipinski definition) is 10. The molecule has 4 aromatic rings. The van der Waals surface area contributed by atoms with Crippen molar-refractivity contribution in [3.63, 3.8) is 0 Å². The van der Waals surface area contributed by atoms with Gasteiger partial charge in [0.05, 0.1) is 37.9 Å². The molecule has 0 bridgehead atoms. The number of alkyl carbamates (subject to hydrolysis) is 1. The van der Waals surface area contributed by atoms with E-state index in [2.05, 4.69) is 15.6 Å². The van der Waals surface area contributed by atoms with E-state index in [-0.39, 0.29) is 12.6 Å². The number of nitrogens with zero attached hydrogens (tertiary/aromatic N) is 3. The zero-order valence-electron chi connectivity index (χ0n) is 24.0. The second-order valence-electron chi connectivity index (χ2n) is 10.1. The summed E-state index contributed by atoms with van der Waals surface area (Å²) >= 11 is 1.54.